The SMILES string of the molecule is CC1CCCC(C(NN)c2cccc(S(C)(=O)=O)c2)C1. The van der Waals surface area contributed by atoms with E-state index >= 15 is 0 Å². The molecule has 0 aliphatic heterocycles. The van der Waals surface area contributed by atoms with Crippen molar-refractivity contribution in [2.24, 2.45) is 17.7 Å². The van der Waals surface area contributed by atoms with Crippen molar-refractivity contribution in [2.45, 2.75) is 43.5 Å². The summed E-state index contributed by atoms with van der Waals surface area (Å²) in [4.78, 5) is 0.360. The molecule has 0 radical (unpaired) electrons. The summed E-state index contributed by atoms with van der Waals surface area (Å²) in [5.41, 5.74) is 3.86. The highest BCUT2D eigenvalue weighted by molar-refractivity contribution is 7.90. The van der Waals surface area contributed by atoms with Crippen LogP contribution in [-0.2, 0) is 9.84 Å². The van der Waals surface area contributed by atoms with Gasteiger partial charge in [0.05, 0.1) is 4.90 Å². The van der Waals surface area contributed by atoms with Crippen LogP contribution in [0.4, 0.5) is 0 Å². The van der Waals surface area contributed by atoms with Gasteiger partial charge in [-0.1, -0.05) is 31.9 Å². The van der Waals surface area contributed by atoms with E-state index in [0.717, 1.165) is 18.4 Å². The second-order valence-electron chi connectivity index (χ2n) is 6.02. The predicted molar refractivity (Wildman–Crippen MR) is 80.7 cm³/mol. The van der Waals surface area contributed by atoms with Crippen molar-refractivity contribution < 1.29 is 8.42 Å². The third-order valence-corrected chi connectivity index (χ3v) is 5.38. The lowest BCUT2D eigenvalue weighted by atomic mass is 9.77. The van der Waals surface area contributed by atoms with Gasteiger partial charge in [0.15, 0.2) is 9.84 Å². The number of benzene rings is 1. The normalized spacial score (nSPS) is 25.4. The van der Waals surface area contributed by atoms with Crippen LogP contribution in [0.2, 0.25) is 0 Å². The molecule has 1 saturated carbocycles. The van der Waals surface area contributed by atoms with Crippen molar-refractivity contribution in [1.82, 2.24) is 5.43 Å². The quantitative estimate of drug-likeness (QED) is 0.661. The average Bonchev–Trinajstić information content (AvgIpc) is 2.39. The summed E-state index contributed by atoms with van der Waals surface area (Å²) in [6, 6.07) is 7.16. The smallest absolute Gasteiger partial charge is 0.175 e. The van der Waals surface area contributed by atoms with Crippen molar-refractivity contribution in [3.05, 3.63) is 29.8 Å². The fourth-order valence-electron chi connectivity index (χ4n) is 3.23. The zero-order valence-electron chi connectivity index (χ0n) is 12.2. The first-order chi connectivity index (χ1) is 9.41. The Balaban J connectivity index is 2.27. The van der Waals surface area contributed by atoms with Gasteiger partial charge in [-0.25, -0.2) is 8.42 Å². The van der Waals surface area contributed by atoms with E-state index in [9.17, 15) is 8.42 Å². The van der Waals surface area contributed by atoms with Crippen molar-refractivity contribution in [2.75, 3.05) is 6.26 Å². The van der Waals surface area contributed by atoms with Crippen LogP contribution in [-0.4, -0.2) is 14.7 Å². The van der Waals surface area contributed by atoms with Gasteiger partial charge in [0.2, 0.25) is 0 Å². The molecular weight excluding hydrogens is 272 g/mol. The van der Waals surface area contributed by atoms with Crippen LogP contribution in [0.5, 0.6) is 0 Å². The standard InChI is InChI=1S/C15H24N2O2S/c1-11-5-3-6-12(9-11)15(17-16)13-7-4-8-14(10-13)20(2,18)19/h4,7-8,10-12,15,17H,3,5-6,9,16H2,1-2H3. The Bertz CT molecular complexity index is 557. The molecule has 0 saturated heterocycles. The molecule has 0 spiro atoms. The minimum Gasteiger partial charge on any atom is -0.271 e. The lowest BCUT2D eigenvalue weighted by Gasteiger charge is -2.33. The molecule has 1 aromatic carbocycles. The molecule has 112 valence electrons. The largest absolute Gasteiger partial charge is 0.271 e. The van der Waals surface area contributed by atoms with E-state index < -0.39 is 9.84 Å². The molecule has 4 nitrogen and oxygen atoms in total. The minimum atomic E-state index is -3.18. The summed E-state index contributed by atoms with van der Waals surface area (Å²) < 4.78 is 23.3. The van der Waals surface area contributed by atoms with E-state index in [-0.39, 0.29) is 6.04 Å². The van der Waals surface area contributed by atoms with Gasteiger partial charge in [0, 0.05) is 12.3 Å². The first-order valence-electron chi connectivity index (χ1n) is 7.18. The van der Waals surface area contributed by atoms with Crippen LogP contribution in [0.25, 0.3) is 0 Å². The number of sulfone groups is 1. The number of rotatable bonds is 4. The van der Waals surface area contributed by atoms with E-state index in [4.69, 9.17) is 5.84 Å². The Labute approximate surface area is 121 Å². The number of nitrogens with one attached hydrogen (secondary N) is 1. The maximum absolute atomic E-state index is 11.7. The Morgan fingerprint density at radius 2 is 2.10 bits per heavy atom. The number of hydrogen-bond acceptors (Lipinski definition) is 4. The van der Waals surface area contributed by atoms with Gasteiger partial charge >= 0.3 is 0 Å². The molecule has 0 bridgehead atoms. The lowest BCUT2D eigenvalue weighted by molar-refractivity contribution is 0.224. The van der Waals surface area contributed by atoms with E-state index in [1.165, 1.54) is 19.1 Å². The molecule has 3 unspecified atom stereocenters. The summed E-state index contributed by atoms with van der Waals surface area (Å²) in [5.74, 6) is 6.92. The van der Waals surface area contributed by atoms with Gasteiger partial charge in [-0.05, 0) is 42.4 Å². The Kier molecular flexibility index (Phi) is 4.83. The van der Waals surface area contributed by atoms with E-state index in [0.29, 0.717) is 16.7 Å². The van der Waals surface area contributed by atoms with Gasteiger partial charge in [-0.3, -0.25) is 11.3 Å². The van der Waals surface area contributed by atoms with E-state index in [2.05, 4.69) is 12.3 Å². The summed E-state index contributed by atoms with van der Waals surface area (Å²) in [7, 11) is -3.18. The number of nitrogens with two attached hydrogens (primary N) is 1. The second kappa shape index (κ2) is 6.24. The van der Waals surface area contributed by atoms with Gasteiger partial charge in [-0.15, -0.1) is 0 Å². The van der Waals surface area contributed by atoms with Gasteiger partial charge in [-0.2, -0.15) is 0 Å². The van der Waals surface area contributed by atoms with Crippen molar-refractivity contribution in [3.63, 3.8) is 0 Å². The highest BCUT2D eigenvalue weighted by Gasteiger charge is 2.27. The molecule has 1 aliphatic carbocycles. The van der Waals surface area contributed by atoms with Crippen LogP contribution in [0.15, 0.2) is 29.2 Å². The van der Waals surface area contributed by atoms with Crippen molar-refractivity contribution >= 4 is 9.84 Å². The molecular formula is C15H24N2O2S. The van der Waals surface area contributed by atoms with Crippen LogP contribution in [0.1, 0.15) is 44.2 Å². The van der Waals surface area contributed by atoms with E-state index in [1.54, 1.807) is 18.2 Å². The van der Waals surface area contributed by atoms with Crippen molar-refractivity contribution in [3.8, 4) is 0 Å². The van der Waals surface area contributed by atoms with Gasteiger partial charge in [0.1, 0.15) is 0 Å². The molecule has 3 N–H and O–H groups in total. The minimum absolute atomic E-state index is 0.0273. The van der Waals surface area contributed by atoms with Gasteiger partial charge in [0.25, 0.3) is 0 Å². The van der Waals surface area contributed by atoms with Crippen LogP contribution < -0.4 is 11.3 Å². The monoisotopic (exact) mass is 296 g/mol. The fourth-order valence-corrected chi connectivity index (χ4v) is 3.90. The molecule has 0 aromatic heterocycles. The predicted octanol–water partition coefficient (Wildman–Crippen LogP) is 2.42. The summed E-state index contributed by atoms with van der Waals surface area (Å²) >= 11 is 0. The van der Waals surface area contributed by atoms with Crippen molar-refractivity contribution in [1.29, 1.82) is 0 Å². The Morgan fingerprint density at radius 1 is 1.35 bits per heavy atom. The molecule has 1 aromatic rings. The zero-order chi connectivity index (χ0) is 14.8. The van der Waals surface area contributed by atoms with Crippen LogP contribution in [0, 0.1) is 11.8 Å². The number of hydrogen-bond donors (Lipinski definition) is 2. The number of hydrazine groups is 1. The Morgan fingerprint density at radius 3 is 2.70 bits per heavy atom. The second-order valence-corrected chi connectivity index (χ2v) is 8.04. The van der Waals surface area contributed by atoms with Crippen LogP contribution >= 0.6 is 0 Å². The first kappa shape index (κ1) is 15.5. The molecule has 0 amide bonds. The maximum atomic E-state index is 11.7. The Hall–Kier alpha value is -0.910. The highest BCUT2D eigenvalue weighted by Crippen LogP contribution is 2.37. The van der Waals surface area contributed by atoms with E-state index in [1.807, 2.05) is 6.07 Å². The first-order valence-corrected chi connectivity index (χ1v) is 9.07. The average molecular weight is 296 g/mol. The lowest BCUT2D eigenvalue weighted by Crippen LogP contribution is -2.35. The third kappa shape index (κ3) is 3.59. The highest BCUT2D eigenvalue weighted by atomic mass is 32.2. The third-order valence-electron chi connectivity index (χ3n) is 4.27. The summed E-state index contributed by atoms with van der Waals surface area (Å²) in [6.45, 7) is 2.27. The molecule has 20 heavy (non-hydrogen) atoms. The molecule has 5 heteroatoms. The molecule has 1 fully saturated rings. The molecule has 1 aliphatic rings. The summed E-state index contributed by atoms with van der Waals surface area (Å²) in [5, 5.41) is 0. The van der Waals surface area contributed by atoms with Gasteiger partial charge < -0.3 is 0 Å². The fraction of sp³-hybridized carbons (Fsp3) is 0.600. The maximum Gasteiger partial charge on any atom is 0.175 e. The molecule has 3 atom stereocenters. The topological polar surface area (TPSA) is 72.2 Å². The summed E-state index contributed by atoms with van der Waals surface area (Å²) in [6.07, 6.45) is 6.01. The zero-order valence-corrected chi connectivity index (χ0v) is 13.0. The molecule has 0 heterocycles. The van der Waals surface area contributed by atoms with Crippen LogP contribution in [0.3, 0.4) is 0 Å². The molecule has 2 rings (SSSR count).